The van der Waals surface area contributed by atoms with Crippen molar-refractivity contribution in [3.63, 3.8) is 0 Å². The van der Waals surface area contributed by atoms with Gasteiger partial charge in [0.05, 0.1) is 5.69 Å². The van der Waals surface area contributed by atoms with E-state index in [0.29, 0.717) is 17.0 Å². The predicted octanol–water partition coefficient (Wildman–Crippen LogP) is 3.81. The minimum atomic E-state index is -1.19. The summed E-state index contributed by atoms with van der Waals surface area (Å²) >= 11 is 0. The zero-order valence-corrected chi connectivity index (χ0v) is 16.4. The van der Waals surface area contributed by atoms with Gasteiger partial charge >= 0.3 is 12.1 Å². The Kier molecular flexibility index (Phi) is 5.89. The summed E-state index contributed by atoms with van der Waals surface area (Å²) < 4.78 is 10.9. The fourth-order valence-electron chi connectivity index (χ4n) is 3.15. The van der Waals surface area contributed by atoms with Crippen LogP contribution in [-0.4, -0.2) is 33.4 Å². The van der Waals surface area contributed by atoms with Crippen LogP contribution in [0.1, 0.15) is 11.5 Å². The highest BCUT2D eigenvalue weighted by Gasteiger charge is 2.22. The van der Waals surface area contributed by atoms with E-state index in [2.05, 4.69) is 15.5 Å². The van der Waals surface area contributed by atoms with Crippen LogP contribution in [0, 0.1) is 0 Å². The number of carboxylic acid groups (broad SMARTS) is 1. The molecule has 0 saturated carbocycles. The lowest BCUT2D eigenvalue weighted by atomic mass is 10.0. The quantitative estimate of drug-likeness (QED) is 0.470. The van der Waals surface area contributed by atoms with Gasteiger partial charge in [0, 0.05) is 18.0 Å². The first-order valence-corrected chi connectivity index (χ1v) is 9.59. The Balaban J connectivity index is 1.38. The molecule has 1 amide bonds. The molecular weight excluding hydrogens is 398 g/mol. The predicted molar refractivity (Wildman–Crippen MR) is 112 cm³/mol. The highest BCUT2D eigenvalue weighted by atomic mass is 16.6. The second-order valence-electron chi connectivity index (χ2n) is 6.86. The molecule has 0 bridgehead atoms. The molecule has 0 radical (unpaired) electrons. The van der Waals surface area contributed by atoms with Gasteiger partial charge < -0.3 is 19.6 Å². The number of ether oxygens (including phenoxy) is 1. The van der Waals surface area contributed by atoms with Crippen LogP contribution in [0.3, 0.4) is 0 Å². The summed E-state index contributed by atoms with van der Waals surface area (Å²) in [6.07, 6.45) is 0.615. The third-order valence-electron chi connectivity index (χ3n) is 4.65. The molecule has 2 heterocycles. The second kappa shape index (κ2) is 9.08. The molecule has 1 atom stereocenters. The number of carbonyl (C=O) groups excluding carboxylic acids is 1. The lowest BCUT2D eigenvalue weighted by Crippen LogP contribution is -2.42. The van der Waals surface area contributed by atoms with Gasteiger partial charge in [-0.05, 0) is 41.5 Å². The van der Waals surface area contributed by atoms with Crippen molar-refractivity contribution >= 4 is 23.0 Å². The molecule has 31 heavy (non-hydrogen) atoms. The van der Waals surface area contributed by atoms with Gasteiger partial charge in [-0.3, -0.25) is 0 Å². The van der Waals surface area contributed by atoms with E-state index in [1.54, 1.807) is 18.2 Å². The van der Waals surface area contributed by atoms with Gasteiger partial charge in [0.15, 0.2) is 6.61 Å². The molecule has 0 aliphatic heterocycles. The Hall–Kier alpha value is -4.20. The fraction of sp³-hybridized carbons (Fsp3) is 0.130. The molecule has 2 aromatic heterocycles. The van der Waals surface area contributed by atoms with Gasteiger partial charge in [0.25, 0.3) is 0 Å². The number of rotatable bonds is 7. The van der Waals surface area contributed by atoms with Crippen molar-refractivity contribution in [3.8, 4) is 11.1 Å². The average Bonchev–Trinajstić information content (AvgIpc) is 3.21. The maximum atomic E-state index is 12.1. The van der Waals surface area contributed by atoms with E-state index in [0.717, 1.165) is 16.5 Å². The van der Waals surface area contributed by atoms with E-state index in [4.69, 9.17) is 9.15 Å². The number of alkyl carbamates (subject to hydrolysis) is 1. The molecule has 0 spiro atoms. The van der Waals surface area contributed by atoms with Crippen molar-refractivity contribution in [2.75, 3.05) is 0 Å². The van der Waals surface area contributed by atoms with Gasteiger partial charge in [0.2, 0.25) is 0 Å². The van der Waals surface area contributed by atoms with Crippen molar-refractivity contribution in [2.45, 2.75) is 19.1 Å². The minimum absolute atomic E-state index is 0.00876. The number of nitrogens with zero attached hydrogens (tertiary/aromatic N) is 2. The third-order valence-corrected chi connectivity index (χ3v) is 4.65. The maximum absolute atomic E-state index is 12.1. The number of amides is 1. The molecule has 156 valence electrons. The van der Waals surface area contributed by atoms with E-state index >= 15 is 0 Å². The van der Waals surface area contributed by atoms with Gasteiger partial charge in [0.1, 0.15) is 17.4 Å². The molecule has 8 nitrogen and oxygen atoms in total. The fourth-order valence-corrected chi connectivity index (χ4v) is 3.15. The first-order valence-electron chi connectivity index (χ1n) is 9.59. The Labute approximate surface area is 177 Å². The number of aliphatic carboxylic acids is 1. The molecule has 1 unspecified atom stereocenters. The lowest BCUT2D eigenvalue weighted by molar-refractivity contribution is -0.139. The molecule has 2 aromatic carbocycles. The summed E-state index contributed by atoms with van der Waals surface area (Å²) in [4.78, 5) is 23.5. The summed E-state index contributed by atoms with van der Waals surface area (Å²) in [7, 11) is 0. The number of benzene rings is 2. The summed E-state index contributed by atoms with van der Waals surface area (Å²) in [5.74, 6) is -0.740. The first kappa shape index (κ1) is 20.1. The molecule has 0 saturated heterocycles. The Morgan fingerprint density at radius 2 is 1.87 bits per heavy atom. The highest BCUT2D eigenvalue weighted by Crippen LogP contribution is 2.27. The number of carbonyl (C=O) groups is 2. The van der Waals surface area contributed by atoms with Crippen LogP contribution >= 0.6 is 0 Å². The SMILES string of the molecule is O=C(NC(Cc1cccnn1)C(=O)O)OCc1cc2cc(-c3ccccc3)ccc2o1. The summed E-state index contributed by atoms with van der Waals surface area (Å²) in [5, 5.41) is 20.1. The molecule has 4 rings (SSSR count). The second-order valence-corrected chi connectivity index (χ2v) is 6.86. The minimum Gasteiger partial charge on any atom is -0.480 e. The highest BCUT2D eigenvalue weighted by molar-refractivity contribution is 5.84. The van der Waals surface area contributed by atoms with Gasteiger partial charge in [-0.1, -0.05) is 36.4 Å². The molecule has 0 fully saturated rings. The van der Waals surface area contributed by atoms with E-state index in [-0.39, 0.29) is 13.0 Å². The van der Waals surface area contributed by atoms with Crippen LogP contribution < -0.4 is 5.32 Å². The molecule has 2 N–H and O–H groups in total. The van der Waals surface area contributed by atoms with Crippen molar-refractivity contribution in [2.24, 2.45) is 0 Å². The van der Waals surface area contributed by atoms with Crippen LogP contribution in [0.4, 0.5) is 4.79 Å². The van der Waals surface area contributed by atoms with Gasteiger partial charge in [-0.2, -0.15) is 10.2 Å². The van der Waals surface area contributed by atoms with Crippen molar-refractivity contribution in [3.05, 3.63) is 84.4 Å². The Bertz CT molecular complexity index is 1190. The number of hydrogen-bond acceptors (Lipinski definition) is 6. The van der Waals surface area contributed by atoms with Gasteiger partial charge in [-0.15, -0.1) is 0 Å². The third kappa shape index (κ3) is 5.05. The van der Waals surface area contributed by atoms with Crippen LogP contribution in [0.2, 0.25) is 0 Å². The van der Waals surface area contributed by atoms with Crippen LogP contribution in [-0.2, 0) is 22.6 Å². The van der Waals surface area contributed by atoms with Crippen molar-refractivity contribution in [1.82, 2.24) is 15.5 Å². The number of carboxylic acids is 1. The number of furan rings is 1. The van der Waals surface area contributed by atoms with Gasteiger partial charge in [-0.25, -0.2) is 9.59 Å². The Morgan fingerprint density at radius 1 is 1.03 bits per heavy atom. The summed E-state index contributed by atoms with van der Waals surface area (Å²) in [5.41, 5.74) is 3.25. The molecule has 0 aliphatic carbocycles. The zero-order valence-electron chi connectivity index (χ0n) is 16.4. The largest absolute Gasteiger partial charge is 0.480 e. The van der Waals surface area contributed by atoms with E-state index < -0.39 is 18.1 Å². The van der Waals surface area contributed by atoms with Crippen molar-refractivity contribution < 1.29 is 23.8 Å². The van der Waals surface area contributed by atoms with E-state index in [1.165, 1.54) is 6.20 Å². The monoisotopic (exact) mass is 417 g/mol. The molecule has 4 aromatic rings. The van der Waals surface area contributed by atoms with Crippen molar-refractivity contribution in [1.29, 1.82) is 0 Å². The molecule has 8 heteroatoms. The molecular formula is C23H19N3O5. The first-order chi connectivity index (χ1) is 15.1. The van der Waals surface area contributed by atoms with E-state index in [1.807, 2.05) is 48.5 Å². The summed E-state index contributed by atoms with van der Waals surface area (Å²) in [6.45, 7) is -0.126. The number of fused-ring (bicyclic) bond motifs is 1. The standard InChI is InChI=1S/C23H19N3O5/c27-22(28)20(13-18-7-4-10-24-26-18)25-23(29)30-14-19-12-17-11-16(8-9-21(17)31-19)15-5-2-1-3-6-15/h1-12,20H,13-14H2,(H,25,29)(H,27,28). The topological polar surface area (TPSA) is 115 Å². The van der Waals surface area contributed by atoms with Crippen LogP contribution in [0.25, 0.3) is 22.1 Å². The van der Waals surface area contributed by atoms with Crippen LogP contribution in [0.15, 0.2) is 77.3 Å². The zero-order chi connectivity index (χ0) is 21.6. The van der Waals surface area contributed by atoms with Crippen LogP contribution in [0.5, 0.6) is 0 Å². The smallest absolute Gasteiger partial charge is 0.408 e. The number of aromatic nitrogens is 2. The Morgan fingerprint density at radius 3 is 2.61 bits per heavy atom. The van der Waals surface area contributed by atoms with E-state index in [9.17, 15) is 14.7 Å². The average molecular weight is 417 g/mol. The summed E-state index contributed by atoms with van der Waals surface area (Å²) in [6, 6.07) is 19.7. The lowest BCUT2D eigenvalue weighted by Gasteiger charge is -2.13. The normalized spacial score (nSPS) is 11.7. The number of nitrogens with one attached hydrogen (secondary N) is 1. The maximum Gasteiger partial charge on any atom is 0.408 e. The molecule has 0 aliphatic rings. The number of hydrogen-bond donors (Lipinski definition) is 2.